The van der Waals surface area contributed by atoms with E-state index in [1.54, 1.807) is 0 Å². The van der Waals surface area contributed by atoms with E-state index in [-0.39, 0.29) is 0 Å². The van der Waals surface area contributed by atoms with E-state index >= 15 is 0 Å². The number of aromatic nitrogens is 1. The lowest BCUT2D eigenvalue weighted by molar-refractivity contribution is 0.0999. The number of rotatable bonds is 5. The molecule has 2 unspecified atom stereocenters. The molecule has 0 saturated carbocycles. The van der Waals surface area contributed by atoms with E-state index in [1.165, 1.54) is 23.8 Å². The van der Waals surface area contributed by atoms with Crippen LogP contribution in [0.1, 0.15) is 43.0 Å². The van der Waals surface area contributed by atoms with Gasteiger partial charge in [0.15, 0.2) is 0 Å². The summed E-state index contributed by atoms with van der Waals surface area (Å²) < 4.78 is 5.75. The molecule has 0 amide bonds. The van der Waals surface area contributed by atoms with Crippen molar-refractivity contribution in [1.82, 2.24) is 10.3 Å². The summed E-state index contributed by atoms with van der Waals surface area (Å²) >= 11 is 0. The van der Waals surface area contributed by atoms with E-state index in [9.17, 15) is 0 Å². The van der Waals surface area contributed by atoms with E-state index in [0.717, 1.165) is 30.7 Å². The Morgan fingerprint density at radius 2 is 2.24 bits per heavy atom. The van der Waals surface area contributed by atoms with E-state index in [1.807, 2.05) is 7.05 Å². The number of pyridine rings is 1. The average Bonchev–Trinajstić information content (AvgIpc) is 3.01. The number of nitrogens with zero attached hydrogens (tertiary/aromatic N) is 1. The van der Waals surface area contributed by atoms with Crippen LogP contribution >= 0.6 is 0 Å². The molecule has 1 aliphatic heterocycles. The van der Waals surface area contributed by atoms with Crippen LogP contribution in [0.3, 0.4) is 0 Å². The molecule has 21 heavy (non-hydrogen) atoms. The maximum Gasteiger partial charge on any atom is 0.0708 e. The van der Waals surface area contributed by atoms with E-state index in [4.69, 9.17) is 4.74 Å². The molecule has 1 N–H and O–H groups in total. The lowest BCUT2D eigenvalue weighted by Crippen LogP contribution is -2.19. The van der Waals surface area contributed by atoms with Gasteiger partial charge in [-0.05, 0) is 57.4 Å². The highest BCUT2D eigenvalue weighted by atomic mass is 16.5. The number of para-hydroxylation sites is 1. The molecule has 2 heterocycles. The number of nitrogens with one attached hydrogen (secondary N) is 1. The van der Waals surface area contributed by atoms with E-state index in [2.05, 4.69) is 47.6 Å². The van der Waals surface area contributed by atoms with Gasteiger partial charge in [-0.1, -0.05) is 18.2 Å². The summed E-state index contributed by atoms with van der Waals surface area (Å²) in [5, 5.41) is 4.74. The molecule has 0 radical (unpaired) electrons. The zero-order valence-electron chi connectivity index (χ0n) is 12.9. The van der Waals surface area contributed by atoms with Crippen LogP contribution in [0, 0.1) is 6.92 Å². The molecule has 3 rings (SSSR count). The molecule has 1 aromatic heterocycles. The Balaban J connectivity index is 1.85. The summed E-state index contributed by atoms with van der Waals surface area (Å²) in [5.41, 5.74) is 3.53. The van der Waals surface area contributed by atoms with Crippen molar-refractivity contribution in [3.05, 3.63) is 41.6 Å². The van der Waals surface area contributed by atoms with Crippen LogP contribution in [-0.4, -0.2) is 24.7 Å². The fraction of sp³-hybridized carbons (Fsp3) is 0.500. The highest BCUT2D eigenvalue weighted by Gasteiger charge is 2.19. The van der Waals surface area contributed by atoms with Crippen LogP contribution in [0.4, 0.5) is 0 Å². The highest BCUT2D eigenvalue weighted by molar-refractivity contribution is 5.82. The Kier molecular flexibility index (Phi) is 4.51. The first kappa shape index (κ1) is 14.5. The zero-order chi connectivity index (χ0) is 14.7. The van der Waals surface area contributed by atoms with Gasteiger partial charge in [0.1, 0.15) is 0 Å². The first-order chi connectivity index (χ1) is 10.3. The second-order valence-electron chi connectivity index (χ2n) is 5.92. The summed E-state index contributed by atoms with van der Waals surface area (Å²) in [4.78, 5) is 4.64. The maximum absolute atomic E-state index is 5.75. The van der Waals surface area contributed by atoms with Gasteiger partial charge in [0.25, 0.3) is 0 Å². The zero-order valence-corrected chi connectivity index (χ0v) is 12.9. The number of hydrogen-bond donors (Lipinski definition) is 1. The second kappa shape index (κ2) is 6.54. The van der Waals surface area contributed by atoms with Crippen molar-refractivity contribution in [1.29, 1.82) is 0 Å². The third-order valence-electron chi connectivity index (χ3n) is 4.40. The van der Waals surface area contributed by atoms with Gasteiger partial charge in [-0.2, -0.15) is 0 Å². The number of aryl methyl sites for hydroxylation is 1. The molecule has 0 bridgehead atoms. The smallest absolute Gasteiger partial charge is 0.0708 e. The number of hydrogen-bond acceptors (Lipinski definition) is 3. The predicted octanol–water partition coefficient (Wildman–Crippen LogP) is 3.76. The maximum atomic E-state index is 5.75. The van der Waals surface area contributed by atoms with Crippen LogP contribution in [0.5, 0.6) is 0 Å². The van der Waals surface area contributed by atoms with Crippen molar-refractivity contribution < 1.29 is 4.74 Å². The minimum absolute atomic E-state index is 0.362. The molecule has 1 fully saturated rings. The summed E-state index contributed by atoms with van der Waals surface area (Å²) in [6.45, 7) is 3.01. The standard InChI is InChI=1S/C18H24N2O/c1-13-12-16(15-7-3-4-8-18(15)20-13)17(19-2)10-9-14-6-5-11-21-14/h3-4,7-8,12,14,17,19H,5-6,9-11H2,1-2H3. The quantitative estimate of drug-likeness (QED) is 0.907. The molecule has 112 valence electrons. The third kappa shape index (κ3) is 3.25. The Hall–Kier alpha value is -1.45. The van der Waals surface area contributed by atoms with Crippen molar-refractivity contribution >= 4 is 10.9 Å². The monoisotopic (exact) mass is 284 g/mol. The van der Waals surface area contributed by atoms with E-state index in [0.29, 0.717) is 12.1 Å². The number of fused-ring (bicyclic) bond motifs is 1. The van der Waals surface area contributed by atoms with Gasteiger partial charge >= 0.3 is 0 Å². The van der Waals surface area contributed by atoms with Gasteiger partial charge in [-0.15, -0.1) is 0 Å². The fourth-order valence-electron chi connectivity index (χ4n) is 3.31. The molecule has 0 spiro atoms. The molecule has 3 nitrogen and oxygen atoms in total. The first-order valence-electron chi connectivity index (χ1n) is 7.93. The van der Waals surface area contributed by atoms with Crippen molar-refractivity contribution in [3.63, 3.8) is 0 Å². The van der Waals surface area contributed by atoms with Gasteiger partial charge in [-0.3, -0.25) is 4.98 Å². The normalized spacial score (nSPS) is 20.0. The van der Waals surface area contributed by atoms with Gasteiger partial charge in [0, 0.05) is 23.7 Å². The Bertz CT molecular complexity index is 605. The highest BCUT2D eigenvalue weighted by Crippen LogP contribution is 2.29. The van der Waals surface area contributed by atoms with Gasteiger partial charge < -0.3 is 10.1 Å². The third-order valence-corrected chi connectivity index (χ3v) is 4.40. The predicted molar refractivity (Wildman–Crippen MR) is 86.5 cm³/mol. The molecule has 0 aliphatic carbocycles. The molecular formula is C18H24N2O. The summed E-state index contributed by atoms with van der Waals surface area (Å²) in [6.07, 6.45) is 5.12. The Morgan fingerprint density at radius 3 is 3.00 bits per heavy atom. The lowest BCUT2D eigenvalue weighted by atomic mass is 9.95. The fourth-order valence-corrected chi connectivity index (χ4v) is 3.31. The molecular weight excluding hydrogens is 260 g/mol. The van der Waals surface area contributed by atoms with Crippen molar-refractivity contribution in [2.45, 2.75) is 44.8 Å². The molecule has 2 atom stereocenters. The molecule has 1 aromatic carbocycles. The van der Waals surface area contributed by atoms with Gasteiger partial charge in [-0.25, -0.2) is 0 Å². The Labute approximate surface area is 126 Å². The van der Waals surface area contributed by atoms with Crippen LogP contribution < -0.4 is 5.32 Å². The molecule has 2 aromatic rings. The Morgan fingerprint density at radius 1 is 1.38 bits per heavy atom. The van der Waals surface area contributed by atoms with Gasteiger partial charge in [0.2, 0.25) is 0 Å². The van der Waals surface area contributed by atoms with Crippen LogP contribution in [-0.2, 0) is 4.74 Å². The van der Waals surface area contributed by atoms with E-state index < -0.39 is 0 Å². The number of benzene rings is 1. The topological polar surface area (TPSA) is 34.1 Å². The SMILES string of the molecule is CNC(CCC1CCCO1)c1cc(C)nc2ccccc12. The second-order valence-corrected chi connectivity index (χ2v) is 5.92. The molecule has 1 saturated heterocycles. The summed E-state index contributed by atoms with van der Waals surface area (Å²) in [7, 11) is 2.05. The minimum atomic E-state index is 0.362. The largest absolute Gasteiger partial charge is 0.378 e. The summed E-state index contributed by atoms with van der Waals surface area (Å²) in [6, 6.07) is 11.0. The first-order valence-corrected chi connectivity index (χ1v) is 7.93. The van der Waals surface area contributed by atoms with Gasteiger partial charge in [0.05, 0.1) is 11.6 Å². The molecule has 1 aliphatic rings. The van der Waals surface area contributed by atoms with Crippen molar-refractivity contribution in [3.8, 4) is 0 Å². The number of ether oxygens (including phenoxy) is 1. The van der Waals surface area contributed by atoms with Crippen LogP contribution in [0.15, 0.2) is 30.3 Å². The minimum Gasteiger partial charge on any atom is -0.378 e. The van der Waals surface area contributed by atoms with Crippen molar-refractivity contribution in [2.75, 3.05) is 13.7 Å². The average molecular weight is 284 g/mol. The van der Waals surface area contributed by atoms with Crippen LogP contribution in [0.2, 0.25) is 0 Å². The van der Waals surface area contributed by atoms with Crippen molar-refractivity contribution in [2.24, 2.45) is 0 Å². The summed E-state index contributed by atoms with van der Waals surface area (Å²) in [5.74, 6) is 0. The molecule has 3 heteroatoms. The lowest BCUT2D eigenvalue weighted by Gasteiger charge is -2.20. The van der Waals surface area contributed by atoms with Crippen LogP contribution in [0.25, 0.3) is 10.9 Å².